The Morgan fingerprint density at radius 3 is 2.76 bits per heavy atom. The molecule has 1 aliphatic carbocycles. The SMILES string of the molecule is COc1cc(C2(N)CCC2)cc2c1OC(C)C2. The van der Waals surface area contributed by atoms with E-state index in [1.807, 2.05) is 0 Å². The molecular weight excluding hydrogens is 214 g/mol. The van der Waals surface area contributed by atoms with Gasteiger partial charge in [0, 0.05) is 17.5 Å². The van der Waals surface area contributed by atoms with Crippen LogP contribution in [0.25, 0.3) is 0 Å². The van der Waals surface area contributed by atoms with E-state index in [-0.39, 0.29) is 11.6 Å². The summed E-state index contributed by atoms with van der Waals surface area (Å²) in [6.07, 6.45) is 4.57. The van der Waals surface area contributed by atoms with Gasteiger partial charge in [0.15, 0.2) is 11.5 Å². The maximum absolute atomic E-state index is 6.38. The lowest BCUT2D eigenvalue weighted by Gasteiger charge is -2.39. The first-order valence-corrected chi connectivity index (χ1v) is 6.29. The molecule has 3 rings (SSSR count). The Balaban J connectivity index is 2.05. The minimum absolute atomic E-state index is 0.131. The molecule has 1 fully saturated rings. The summed E-state index contributed by atoms with van der Waals surface area (Å²) in [7, 11) is 1.69. The van der Waals surface area contributed by atoms with Gasteiger partial charge in [-0.3, -0.25) is 0 Å². The Labute approximate surface area is 102 Å². The molecule has 2 aliphatic rings. The molecule has 0 bridgehead atoms. The van der Waals surface area contributed by atoms with Crippen molar-refractivity contribution in [1.82, 2.24) is 0 Å². The van der Waals surface area contributed by atoms with E-state index in [2.05, 4.69) is 19.1 Å². The highest BCUT2D eigenvalue weighted by molar-refractivity contribution is 5.53. The Bertz CT molecular complexity index is 452. The zero-order chi connectivity index (χ0) is 12.0. The number of nitrogens with two attached hydrogens (primary N) is 1. The molecule has 17 heavy (non-hydrogen) atoms. The molecule has 1 saturated carbocycles. The Kier molecular flexibility index (Phi) is 2.33. The van der Waals surface area contributed by atoms with Crippen LogP contribution in [0.15, 0.2) is 12.1 Å². The van der Waals surface area contributed by atoms with E-state index in [1.165, 1.54) is 17.5 Å². The molecule has 0 radical (unpaired) electrons. The minimum atomic E-state index is -0.131. The second-order valence-corrected chi connectivity index (χ2v) is 5.31. The quantitative estimate of drug-likeness (QED) is 0.852. The number of ether oxygens (including phenoxy) is 2. The third-order valence-electron chi connectivity index (χ3n) is 4.00. The molecule has 0 spiro atoms. The lowest BCUT2D eigenvalue weighted by Crippen LogP contribution is -2.43. The molecule has 0 amide bonds. The lowest BCUT2D eigenvalue weighted by molar-refractivity contribution is 0.241. The molecule has 1 heterocycles. The van der Waals surface area contributed by atoms with Crippen LogP contribution in [0.4, 0.5) is 0 Å². The highest BCUT2D eigenvalue weighted by atomic mass is 16.5. The van der Waals surface area contributed by atoms with Crippen LogP contribution in [0.3, 0.4) is 0 Å². The maximum atomic E-state index is 6.38. The molecule has 1 unspecified atom stereocenters. The fourth-order valence-electron chi connectivity index (χ4n) is 2.78. The van der Waals surface area contributed by atoms with Crippen LogP contribution in [0.5, 0.6) is 11.5 Å². The Morgan fingerprint density at radius 1 is 1.41 bits per heavy atom. The third kappa shape index (κ3) is 1.61. The van der Waals surface area contributed by atoms with E-state index < -0.39 is 0 Å². The molecule has 3 heteroatoms. The number of hydrogen-bond acceptors (Lipinski definition) is 3. The molecular formula is C14H19NO2. The summed E-state index contributed by atoms with van der Waals surface area (Å²) in [5.74, 6) is 1.74. The first kappa shape index (κ1) is 10.9. The van der Waals surface area contributed by atoms with Crippen LogP contribution < -0.4 is 15.2 Å². The summed E-state index contributed by atoms with van der Waals surface area (Å²) in [5, 5.41) is 0. The van der Waals surface area contributed by atoms with E-state index in [9.17, 15) is 0 Å². The normalized spacial score (nSPS) is 24.8. The highest BCUT2D eigenvalue weighted by Crippen LogP contribution is 2.45. The summed E-state index contributed by atoms with van der Waals surface area (Å²) < 4.78 is 11.2. The summed E-state index contributed by atoms with van der Waals surface area (Å²) in [4.78, 5) is 0. The zero-order valence-corrected chi connectivity index (χ0v) is 10.5. The number of methoxy groups -OCH3 is 1. The van der Waals surface area contributed by atoms with E-state index in [0.29, 0.717) is 0 Å². The predicted octanol–water partition coefficient (Wildman–Crippen LogP) is 2.36. The van der Waals surface area contributed by atoms with Gasteiger partial charge in [-0.2, -0.15) is 0 Å². The zero-order valence-electron chi connectivity index (χ0n) is 10.5. The highest BCUT2D eigenvalue weighted by Gasteiger charge is 2.36. The smallest absolute Gasteiger partial charge is 0.164 e. The van der Waals surface area contributed by atoms with Gasteiger partial charge in [0.05, 0.1) is 7.11 Å². The maximum Gasteiger partial charge on any atom is 0.164 e. The standard InChI is InChI=1S/C14H19NO2/c1-9-6-10-7-11(14(15)4-3-5-14)8-12(16-2)13(10)17-9/h7-9H,3-6,15H2,1-2H3. The molecule has 1 aromatic rings. The molecule has 0 saturated heterocycles. The molecule has 2 N–H and O–H groups in total. The summed E-state index contributed by atoms with van der Waals surface area (Å²) in [5.41, 5.74) is 8.69. The first-order valence-electron chi connectivity index (χ1n) is 6.29. The van der Waals surface area contributed by atoms with Gasteiger partial charge >= 0.3 is 0 Å². The second-order valence-electron chi connectivity index (χ2n) is 5.31. The van der Waals surface area contributed by atoms with Gasteiger partial charge < -0.3 is 15.2 Å². The van der Waals surface area contributed by atoms with Gasteiger partial charge in [-0.15, -0.1) is 0 Å². The lowest BCUT2D eigenvalue weighted by atomic mass is 9.72. The molecule has 1 atom stereocenters. The van der Waals surface area contributed by atoms with Crippen LogP contribution >= 0.6 is 0 Å². The number of hydrogen-bond donors (Lipinski definition) is 1. The van der Waals surface area contributed by atoms with Crippen LogP contribution in [0.2, 0.25) is 0 Å². The molecule has 1 aromatic carbocycles. The molecule has 92 valence electrons. The van der Waals surface area contributed by atoms with Crippen molar-refractivity contribution in [3.05, 3.63) is 23.3 Å². The minimum Gasteiger partial charge on any atom is -0.493 e. The van der Waals surface area contributed by atoms with Gasteiger partial charge in [-0.1, -0.05) is 0 Å². The van der Waals surface area contributed by atoms with Crippen molar-refractivity contribution in [3.8, 4) is 11.5 Å². The molecule has 1 aliphatic heterocycles. The van der Waals surface area contributed by atoms with E-state index in [0.717, 1.165) is 30.8 Å². The fraction of sp³-hybridized carbons (Fsp3) is 0.571. The van der Waals surface area contributed by atoms with Crippen LogP contribution in [0, 0.1) is 0 Å². The van der Waals surface area contributed by atoms with Gasteiger partial charge in [0.2, 0.25) is 0 Å². The van der Waals surface area contributed by atoms with Gasteiger partial charge in [0.25, 0.3) is 0 Å². The van der Waals surface area contributed by atoms with E-state index >= 15 is 0 Å². The van der Waals surface area contributed by atoms with Crippen LogP contribution in [-0.4, -0.2) is 13.2 Å². The monoisotopic (exact) mass is 233 g/mol. The van der Waals surface area contributed by atoms with Crippen LogP contribution in [-0.2, 0) is 12.0 Å². The summed E-state index contributed by atoms with van der Waals surface area (Å²) in [6, 6.07) is 4.26. The van der Waals surface area contributed by atoms with Crippen molar-refractivity contribution in [2.75, 3.05) is 7.11 Å². The summed E-state index contributed by atoms with van der Waals surface area (Å²) >= 11 is 0. The van der Waals surface area contributed by atoms with Crippen LogP contribution in [0.1, 0.15) is 37.3 Å². The molecule has 0 aromatic heterocycles. The van der Waals surface area contributed by atoms with Gasteiger partial charge in [0.1, 0.15) is 6.10 Å². The summed E-state index contributed by atoms with van der Waals surface area (Å²) in [6.45, 7) is 2.08. The first-order chi connectivity index (χ1) is 8.12. The molecule has 3 nitrogen and oxygen atoms in total. The topological polar surface area (TPSA) is 44.5 Å². The second kappa shape index (κ2) is 3.64. The van der Waals surface area contributed by atoms with Gasteiger partial charge in [-0.05, 0) is 43.9 Å². The van der Waals surface area contributed by atoms with Crippen molar-refractivity contribution >= 4 is 0 Å². The van der Waals surface area contributed by atoms with E-state index in [4.69, 9.17) is 15.2 Å². The number of rotatable bonds is 2. The average Bonchev–Trinajstić information content (AvgIpc) is 2.64. The largest absolute Gasteiger partial charge is 0.493 e. The number of fused-ring (bicyclic) bond motifs is 1. The average molecular weight is 233 g/mol. The fourth-order valence-corrected chi connectivity index (χ4v) is 2.78. The predicted molar refractivity (Wildman–Crippen MR) is 66.5 cm³/mol. The van der Waals surface area contributed by atoms with Crippen molar-refractivity contribution in [1.29, 1.82) is 0 Å². The third-order valence-corrected chi connectivity index (χ3v) is 4.00. The van der Waals surface area contributed by atoms with Crippen molar-refractivity contribution < 1.29 is 9.47 Å². The Hall–Kier alpha value is -1.22. The number of benzene rings is 1. The van der Waals surface area contributed by atoms with Crippen molar-refractivity contribution in [2.45, 2.75) is 44.2 Å². The van der Waals surface area contributed by atoms with Crippen molar-refractivity contribution in [2.24, 2.45) is 5.73 Å². The van der Waals surface area contributed by atoms with Crippen molar-refractivity contribution in [3.63, 3.8) is 0 Å². The Morgan fingerprint density at radius 2 is 2.18 bits per heavy atom. The van der Waals surface area contributed by atoms with Gasteiger partial charge in [-0.25, -0.2) is 0 Å². The van der Waals surface area contributed by atoms with E-state index in [1.54, 1.807) is 7.11 Å².